The van der Waals surface area contributed by atoms with E-state index in [9.17, 15) is 9.59 Å². The maximum atomic E-state index is 11.8. The first-order valence-electron chi connectivity index (χ1n) is 9.12. The number of nitrogens with zero attached hydrogens (tertiary/aromatic N) is 4. The predicted octanol–water partition coefficient (Wildman–Crippen LogP) is 2.44. The van der Waals surface area contributed by atoms with E-state index in [1.54, 1.807) is 31.2 Å². The summed E-state index contributed by atoms with van der Waals surface area (Å²) in [6, 6.07) is 14.5. The van der Waals surface area contributed by atoms with Crippen LogP contribution >= 0.6 is 0 Å². The number of urea groups is 1. The number of hydrazone groups is 1. The van der Waals surface area contributed by atoms with Crippen molar-refractivity contribution in [2.75, 3.05) is 20.8 Å². The van der Waals surface area contributed by atoms with Crippen molar-refractivity contribution in [3.05, 3.63) is 60.3 Å². The molecule has 30 heavy (non-hydrogen) atoms. The van der Waals surface area contributed by atoms with Crippen LogP contribution in [-0.4, -0.2) is 53.7 Å². The van der Waals surface area contributed by atoms with Gasteiger partial charge in [0.25, 0.3) is 0 Å². The van der Waals surface area contributed by atoms with E-state index in [2.05, 4.69) is 10.4 Å². The number of aromatic nitrogens is 2. The van der Waals surface area contributed by atoms with E-state index in [4.69, 9.17) is 14.6 Å². The highest BCUT2D eigenvalue weighted by Crippen LogP contribution is 2.33. The van der Waals surface area contributed by atoms with E-state index in [1.165, 1.54) is 6.21 Å². The number of para-hydroxylation sites is 1. The van der Waals surface area contributed by atoms with Gasteiger partial charge in [-0.3, -0.25) is 10.1 Å². The maximum absolute atomic E-state index is 11.8. The predicted molar refractivity (Wildman–Crippen MR) is 110 cm³/mol. The van der Waals surface area contributed by atoms with Crippen LogP contribution < -0.4 is 14.8 Å². The molecule has 4 rings (SSSR count). The summed E-state index contributed by atoms with van der Waals surface area (Å²) in [5, 5.41) is 12.1. The average Bonchev–Trinajstić information content (AvgIpc) is 3.34. The second-order valence-corrected chi connectivity index (χ2v) is 6.44. The Morgan fingerprint density at radius 1 is 1.07 bits per heavy atom. The van der Waals surface area contributed by atoms with Gasteiger partial charge in [-0.25, -0.2) is 14.5 Å². The molecule has 1 aliphatic heterocycles. The third-order valence-corrected chi connectivity index (χ3v) is 4.53. The van der Waals surface area contributed by atoms with Crippen LogP contribution in [0.4, 0.5) is 4.79 Å². The molecule has 1 saturated heterocycles. The molecule has 1 aliphatic rings. The summed E-state index contributed by atoms with van der Waals surface area (Å²) in [6.07, 6.45) is 3.32. The molecule has 3 amide bonds. The zero-order valence-corrected chi connectivity index (χ0v) is 16.4. The second kappa shape index (κ2) is 8.08. The molecule has 0 bridgehead atoms. The van der Waals surface area contributed by atoms with Crippen molar-refractivity contribution in [1.82, 2.24) is 20.1 Å². The molecule has 0 spiro atoms. The van der Waals surface area contributed by atoms with E-state index >= 15 is 0 Å². The largest absolute Gasteiger partial charge is 0.493 e. The first-order chi connectivity index (χ1) is 14.6. The Kier molecular flexibility index (Phi) is 5.17. The zero-order valence-electron chi connectivity index (χ0n) is 16.4. The van der Waals surface area contributed by atoms with Crippen molar-refractivity contribution in [1.29, 1.82) is 0 Å². The average molecular weight is 405 g/mol. The fourth-order valence-corrected chi connectivity index (χ4v) is 3.06. The van der Waals surface area contributed by atoms with Gasteiger partial charge in [-0.15, -0.1) is 0 Å². The molecule has 2 heterocycles. The van der Waals surface area contributed by atoms with Gasteiger partial charge in [-0.2, -0.15) is 10.2 Å². The fraction of sp³-hybridized carbons (Fsp3) is 0.143. The number of nitrogens with one attached hydrogen (secondary N) is 1. The van der Waals surface area contributed by atoms with Crippen LogP contribution in [0.3, 0.4) is 0 Å². The molecule has 152 valence electrons. The number of amides is 3. The molecule has 1 fully saturated rings. The van der Waals surface area contributed by atoms with Gasteiger partial charge in [0.05, 0.1) is 26.1 Å². The number of imide groups is 1. The van der Waals surface area contributed by atoms with Crippen molar-refractivity contribution in [2.24, 2.45) is 5.10 Å². The Morgan fingerprint density at radius 2 is 1.83 bits per heavy atom. The highest BCUT2D eigenvalue weighted by atomic mass is 16.5. The SMILES string of the molecule is COc1ccc(-c2nn(-c3ccccc3)cc2/C=N\N2CC(=O)NC2=O)cc1OC. The number of benzene rings is 2. The van der Waals surface area contributed by atoms with Crippen LogP contribution in [0, 0.1) is 0 Å². The number of carbonyl (C=O) groups is 2. The van der Waals surface area contributed by atoms with E-state index in [1.807, 2.05) is 42.5 Å². The molecule has 0 saturated carbocycles. The van der Waals surface area contributed by atoms with Crippen molar-refractivity contribution < 1.29 is 19.1 Å². The molecule has 9 nitrogen and oxygen atoms in total. The topological polar surface area (TPSA) is 98.0 Å². The van der Waals surface area contributed by atoms with E-state index < -0.39 is 11.9 Å². The minimum Gasteiger partial charge on any atom is -0.493 e. The molecule has 0 aliphatic carbocycles. The highest BCUT2D eigenvalue weighted by Gasteiger charge is 2.26. The molecule has 9 heteroatoms. The summed E-state index contributed by atoms with van der Waals surface area (Å²) >= 11 is 0. The number of hydrogen-bond acceptors (Lipinski definition) is 6. The smallest absolute Gasteiger partial charge is 0.344 e. The molecule has 3 aromatic rings. The summed E-state index contributed by atoms with van der Waals surface area (Å²) in [6.45, 7) is -0.117. The first kappa shape index (κ1) is 19.2. The van der Waals surface area contributed by atoms with Crippen molar-refractivity contribution in [2.45, 2.75) is 0 Å². The standard InChI is InChI=1S/C21H19N5O4/c1-29-17-9-8-14(10-18(17)30-2)20-15(11-22-26-13-19(27)23-21(26)28)12-25(24-20)16-6-4-3-5-7-16/h3-12H,13H2,1-2H3,(H,23,27,28)/b22-11-. The van der Waals surface area contributed by atoms with Gasteiger partial charge in [-0.05, 0) is 30.3 Å². The molecule has 1 N–H and O–H groups in total. The fourth-order valence-electron chi connectivity index (χ4n) is 3.06. The van der Waals surface area contributed by atoms with Gasteiger partial charge in [0, 0.05) is 17.3 Å². The lowest BCUT2D eigenvalue weighted by Crippen LogP contribution is -2.24. The van der Waals surface area contributed by atoms with Crippen LogP contribution in [0.1, 0.15) is 5.56 Å². The van der Waals surface area contributed by atoms with Crippen LogP contribution in [-0.2, 0) is 4.79 Å². The third kappa shape index (κ3) is 3.72. The van der Waals surface area contributed by atoms with Crippen molar-refractivity contribution in [3.8, 4) is 28.4 Å². The van der Waals surface area contributed by atoms with Crippen molar-refractivity contribution >= 4 is 18.2 Å². The molecule has 1 aromatic heterocycles. The lowest BCUT2D eigenvalue weighted by atomic mass is 10.1. The summed E-state index contributed by atoms with van der Waals surface area (Å²) in [7, 11) is 3.14. The van der Waals surface area contributed by atoms with Gasteiger partial charge < -0.3 is 9.47 Å². The first-order valence-corrected chi connectivity index (χ1v) is 9.12. The van der Waals surface area contributed by atoms with Crippen molar-refractivity contribution in [3.63, 3.8) is 0 Å². The molecular formula is C21H19N5O4. The third-order valence-electron chi connectivity index (χ3n) is 4.53. The van der Waals surface area contributed by atoms with Crippen LogP contribution in [0.25, 0.3) is 16.9 Å². The maximum Gasteiger partial charge on any atom is 0.344 e. The van der Waals surface area contributed by atoms with E-state index in [0.717, 1.165) is 16.3 Å². The van der Waals surface area contributed by atoms with Gasteiger partial charge in [0.1, 0.15) is 12.2 Å². The molecule has 0 unspecified atom stereocenters. The lowest BCUT2D eigenvalue weighted by Gasteiger charge is -2.09. The Labute approximate surface area is 172 Å². The summed E-state index contributed by atoms with van der Waals surface area (Å²) in [5.74, 6) is 0.778. The summed E-state index contributed by atoms with van der Waals surface area (Å²) < 4.78 is 12.4. The summed E-state index contributed by atoms with van der Waals surface area (Å²) in [5.41, 5.74) is 2.95. The number of hydrogen-bond donors (Lipinski definition) is 1. The van der Waals surface area contributed by atoms with Gasteiger partial charge in [0.15, 0.2) is 11.5 Å². The lowest BCUT2D eigenvalue weighted by molar-refractivity contribution is -0.118. The zero-order chi connectivity index (χ0) is 21.1. The molecular weight excluding hydrogens is 386 g/mol. The highest BCUT2D eigenvalue weighted by molar-refractivity contribution is 6.02. The van der Waals surface area contributed by atoms with E-state index in [0.29, 0.717) is 22.8 Å². The Morgan fingerprint density at radius 3 is 2.50 bits per heavy atom. The quantitative estimate of drug-likeness (QED) is 0.502. The Hall–Kier alpha value is -4.14. The van der Waals surface area contributed by atoms with Gasteiger partial charge in [0.2, 0.25) is 5.91 Å². The van der Waals surface area contributed by atoms with Gasteiger partial charge >= 0.3 is 6.03 Å². The number of carbonyl (C=O) groups excluding carboxylic acids is 2. The molecule has 2 aromatic carbocycles. The number of methoxy groups -OCH3 is 2. The van der Waals surface area contributed by atoms with Crippen LogP contribution in [0.5, 0.6) is 11.5 Å². The number of rotatable bonds is 6. The summed E-state index contributed by atoms with van der Waals surface area (Å²) in [4.78, 5) is 23.2. The van der Waals surface area contributed by atoms with Crippen LogP contribution in [0.15, 0.2) is 59.8 Å². The molecule has 0 atom stereocenters. The second-order valence-electron chi connectivity index (χ2n) is 6.44. The number of ether oxygens (including phenoxy) is 2. The normalized spacial score (nSPS) is 13.7. The van der Waals surface area contributed by atoms with Gasteiger partial charge in [-0.1, -0.05) is 18.2 Å². The molecule has 0 radical (unpaired) electrons. The Balaban J connectivity index is 1.77. The van der Waals surface area contributed by atoms with Crippen LogP contribution in [0.2, 0.25) is 0 Å². The minimum absolute atomic E-state index is 0.117. The minimum atomic E-state index is -0.556. The van der Waals surface area contributed by atoms with E-state index in [-0.39, 0.29) is 6.54 Å². The monoisotopic (exact) mass is 405 g/mol. The Bertz CT molecular complexity index is 1120.